The zero-order valence-corrected chi connectivity index (χ0v) is 8.97. The number of aromatic amines is 1. The molecule has 0 atom stereocenters. The van der Waals surface area contributed by atoms with E-state index in [4.69, 9.17) is 5.11 Å². The Morgan fingerprint density at radius 3 is 2.82 bits per heavy atom. The van der Waals surface area contributed by atoms with E-state index >= 15 is 0 Å². The molecule has 0 saturated heterocycles. The van der Waals surface area contributed by atoms with Crippen molar-refractivity contribution in [1.82, 2.24) is 14.5 Å². The van der Waals surface area contributed by atoms with Gasteiger partial charge in [-0.15, -0.1) is 0 Å². The molecular formula is C10H10N4O3. The second-order valence-electron chi connectivity index (χ2n) is 3.40. The Kier molecular flexibility index (Phi) is 2.65. The molecule has 2 rings (SSSR count). The molecule has 0 unspecified atom stereocenters. The minimum Gasteiger partial charge on any atom is -0.475 e. The number of anilines is 1. The van der Waals surface area contributed by atoms with Crippen LogP contribution in [0.3, 0.4) is 0 Å². The quantitative estimate of drug-likeness (QED) is 0.727. The molecule has 1 amide bonds. The van der Waals surface area contributed by atoms with Gasteiger partial charge in [-0.25, -0.2) is 9.78 Å². The van der Waals surface area contributed by atoms with E-state index in [0.29, 0.717) is 5.69 Å². The largest absolute Gasteiger partial charge is 0.475 e. The third kappa shape index (κ3) is 2.17. The summed E-state index contributed by atoms with van der Waals surface area (Å²) in [5, 5.41) is 11.3. The first-order valence-corrected chi connectivity index (χ1v) is 4.79. The zero-order valence-electron chi connectivity index (χ0n) is 8.97. The standard InChI is InChI=1S/C10H10N4O3/c1-14-5-7(12-8(14)10(16)17)13-9(15)6-3-2-4-11-6/h2-5,11H,1H3,(H,13,15)(H,16,17). The summed E-state index contributed by atoms with van der Waals surface area (Å²) in [5.41, 5.74) is 0.382. The van der Waals surface area contributed by atoms with Crippen LogP contribution in [-0.2, 0) is 7.05 Å². The molecule has 0 bridgehead atoms. The molecular weight excluding hydrogens is 224 g/mol. The molecule has 0 fully saturated rings. The fourth-order valence-electron chi connectivity index (χ4n) is 1.38. The second kappa shape index (κ2) is 4.12. The molecule has 3 N–H and O–H groups in total. The molecule has 0 spiro atoms. The number of H-pyrrole nitrogens is 1. The number of carboxylic acids is 1. The number of rotatable bonds is 3. The Hall–Kier alpha value is -2.57. The molecule has 88 valence electrons. The van der Waals surface area contributed by atoms with Crippen LogP contribution < -0.4 is 5.32 Å². The maximum absolute atomic E-state index is 11.6. The van der Waals surface area contributed by atoms with E-state index in [0.717, 1.165) is 0 Å². The number of nitrogens with one attached hydrogen (secondary N) is 2. The normalized spacial score (nSPS) is 10.2. The number of carboxylic acid groups (broad SMARTS) is 1. The third-order valence-electron chi connectivity index (χ3n) is 2.15. The number of imidazole rings is 1. The van der Waals surface area contributed by atoms with Crippen molar-refractivity contribution < 1.29 is 14.7 Å². The SMILES string of the molecule is Cn1cc(NC(=O)c2ccc[nH]2)nc1C(=O)O. The van der Waals surface area contributed by atoms with Crippen molar-refractivity contribution in [2.75, 3.05) is 5.32 Å². The summed E-state index contributed by atoms with van der Waals surface area (Å²) in [5.74, 6) is -1.45. The van der Waals surface area contributed by atoms with E-state index in [2.05, 4.69) is 15.3 Å². The van der Waals surface area contributed by atoms with Gasteiger partial charge in [0.25, 0.3) is 5.91 Å². The zero-order chi connectivity index (χ0) is 12.4. The van der Waals surface area contributed by atoms with Crippen LogP contribution in [0.1, 0.15) is 21.1 Å². The van der Waals surface area contributed by atoms with Crippen LogP contribution in [0.15, 0.2) is 24.5 Å². The first kappa shape index (κ1) is 10.9. The molecule has 2 heterocycles. The molecule has 2 aromatic heterocycles. The van der Waals surface area contributed by atoms with E-state index < -0.39 is 5.97 Å². The molecule has 0 saturated carbocycles. The van der Waals surface area contributed by atoms with E-state index in [-0.39, 0.29) is 17.5 Å². The van der Waals surface area contributed by atoms with Gasteiger partial charge >= 0.3 is 5.97 Å². The Bertz CT molecular complexity index is 556. The Labute approximate surface area is 96.1 Å². The summed E-state index contributed by atoms with van der Waals surface area (Å²) in [4.78, 5) is 28.9. The van der Waals surface area contributed by atoms with E-state index in [1.54, 1.807) is 25.4 Å². The molecule has 0 aliphatic carbocycles. The Morgan fingerprint density at radius 2 is 2.29 bits per heavy atom. The predicted molar refractivity (Wildman–Crippen MR) is 58.9 cm³/mol. The van der Waals surface area contributed by atoms with Crippen molar-refractivity contribution in [3.8, 4) is 0 Å². The third-order valence-corrected chi connectivity index (χ3v) is 2.15. The monoisotopic (exact) mass is 234 g/mol. The van der Waals surface area contributed by atoms with Crippen molar-refractivity contribution in [1.29, 1.82) is 0 Å². The van der Waals surface area contributed by atoms with E-state index in [1.165, 1.54) is 10.8 Å². The number of aromatic nitrogens is 3. The Morgan fingerprint density at radius 1 is 1.53 bits per heavy atom. The summed E-state index contributed by atoms with van der Waals surface area (Å²) in [6.07, 6.45) is 3.06. The van der Waals surface area contributed by atoms with Gasteiger partial charge in [0.05, 0.1) is 0 Å². The predicted octanol–water partition coefficient (Wildman–Crippen LogP) is 0.699. The van der Waals surface area contributed by atoms with Gasteiger partial charge in [-0.3, -0.25) is 4.79 Å². The van der Waals surface area contributed by atoms with Gasteiger partial charge in [0, 0.05) is 19.4 Å². The van der Waals surface area contributed by atoms with Crippen molar-refractivity contribution in [3.63, 3.8) is 0 Å². The molecule has 0 aromatic carbocycles. The summed E-state index contributed by atoms with van der Waals surface area (Å²) in [7, 11) is 1.54. The highest BCUT2D eigenvalue weighted by Gasteiger charge is 2.14. The fourth-order valence-corrected chi connectivity index (χ4v) is 1.38. The van der Waals surface area contributed by atoms with Crippen molar-refractivity contribution >= 4 is 17.7 Å². The molecule has 2 aromatic rings. The van der Waals surface area contributed by atoms with Crippen LogP contribution in [0.5, 0.6) is 0 Å². The van der Waals surface area contributed by atoms with Gasteiger partial charge in [-0.1, -0.05) is 0 Å². The van der Waals surface area contributed by atoms with E-state index in [1.807, 2.05) is 0 Å². The maximum Gasteiger partial charge on any atom is 0.372 e. The molecule has 7 nitrogen and oxygen atoms in total. The molecule has 0 aliphatic rings. The van der Waals surface area contributed by atoms with Crippen molar-refractivity contribution in [2.45, 2.75) is 0 Å². The average Bonchev–Trinajstić information content (AvgIpc) is 2.86. The Balaban J connectivity index is 2.17. The lowest BCUT2D eigenvalue weighted by molar-refractivity contribution is 0.0679. The second-order valence-corrected chi connectivity index (χ2v) is 3.40. The number of nitrogens with zero attached hydrogens (tertiary/aromatic N) is 2. The summed E-state index contributed by atoms with van der Waals surface area (Å²) in [6.45, 7) is 0. The van der Waals surface area contributed by atoms with Crippen LogP contribution in [0.25, 0.3) is 0 Å². The highest BCUT2D eigenvalue weighted by Crippen LogP contribution is 2.08. The topological polar surface area (TPSA) is 100 Å². The molecule has 0 radical (unpaired) electrons. The number of carbonyl (C=O) groups excluding carboxylic acids is 1. The molecule has 0 aliphatic heterocycles. The van der Waals surface area contributed by atoms with Gasteiger partial charge in [-0.2, -0.15) is 0 Å². The van der Waals surface area contributed by atoms with Gasteiger partial charge in [-0.05, 0) is 12.1 Å². The lowest BCUT2D eigenvalue weighted by atomic mass is 10.4. The summed E-state index contributed by atoms with van der Waals surface area (Å²) >= 11 is 0. The minimum atomic E-state index is -1.15. The minimum absolute atomic E-state index is 0.133. The van der Waals surface area contributed by atoms with Crippen molar-refractivity contribution in [2.24, 2.45) is 7.05 Å². The lowest BCUT2D eigenvalue weighted by Crippen LogP contribution is -2.12. The number of hydrogen-bond donors (Lipinski definition) is 3. The van der Waals surface area contributed by atoms with Gasteiger partial charge in [0.2, 0.25) is 5.82 Å². The van der Waals surface area contributed by atoms with Crippen LogP contribution >= 0.6 is 0 Å². The number of aryl methyl sites for hydroxylation is 1. The number of hydrogen-bond acceptors (Lipinski definition) is 3. The van der Waals surface area contributed by atoms with Crippen LogP contribution in [0.2, 0.25) is 0 Å². The molecule has 17 heavy (non-hydrogen) atoms. The summed E-state index contributed by atoms with van der Waals surface area (Å²) in [6, 6.07) is 3.30. The van der Waals surface area contributed by atoms with Crippen molar-refractivity contribution in [3.05, 3.63) is 36.0 Å². The fraction of sp³-hybridized carbons (Fsp3) is 0.100. The lowest BCUT2D eigenvalue weighted by Gasteiger charge is -1.97. The van der Waals surface area contributed by atoms with Crippen LogP contribution in [-0.4, -0.2) is 31.5 Å². The number of amides is 1. The van der Waals surface area contributed by atoms with Gasteiger partial charge < -0.3 is 20.0 Å². The van der Waals surface area contributed by atoms with Crippen LogP contribution in [0.4, 0.5) is 5.82 Å². The highest BCUT2D eigenvalue weighted by atomic mass is 16.4. The van der Waals surface area contributed by atoms with Gasteiger partial charge in [0.1, 0.15) is 5.69 Å². The average molecular weight is 234 g/mol. The highest BCUT2D eigenvalue weighted by molar-refractivity contribution is 6.02. The first-order valence-electron chi connectivity index (χ1n) is 4.79. The molecule has 7 heteroatoms. The number of carbonyl (C=O) groups is 2. The summed E-state index contributed by atoms with van der Waals surface area (Å²) < 4.78 is 1.33. The smallest absolute Gasteiger partial charge is 0.372 e. The maximum atomic E-state index is 11.6. The number of aromatic carboxylic acids is 1. The van der Waals surface area contributed by atoms with Crippen LogP contribution in [0, 0.1) is 0 Å². The van der Waals surface area contributed by atoms with Gasteiger partial charge in [0.15, 0.2) is 5.82 Å². The van der Waals surface area contributed by atoms with E-state index in [9.17, 15) is 9.59 Å². The first-order chi connectivity index (χ1) is 8.08.